The van der Waals surface area contributed by atoms with E-state index in [1.807, 2.05) is 30.1 Å². The highest BCUT2D eigenvalue weighted by Gasteiger charge is 2.30. The standard InChI is InChI=1S/C17H25NO2/c1-14-6-4-5-7-15(14)12-16(19)18(3)13-17(2)8-10-20-11-9-17/h4-7H,8-13H2,1-3H3. The zero-order valence-corrected chi connectivity index (χ0v) is 12.8. The Kier molecular flexibility index (Phi) is 4.81. The SMILES string of the molecule is Cc1ccccc1CC(=O)N(C)CC1(C)CCOCC1. The first kappa shape index (κ1) is 15.0. The Morgan fingerprint density at radius 3 is 2.60 bits per heavy atom. The lowest BCUT2D eigenvalue weighted by atomic mass is 9.82. The van der Waals surface area contributed by atoms with Gasteiger partial charge < -0.3 is 9.64 Å². The fraction of sp³-hybridized carbons (Fsp3) is 0.588. The van der Waals surface area contributed by atoms with E-state index in [9.17, 15) is 4.79 Å². The lowest BCUT2D eigenvalue weighted by molar-refractivity contribution is -0.131. The summed E-state index contributed by atoms with van der Waals surface area (Å²) in [7, 11) is 1.92. The van der Waals surface area contributed by atoms with Gasteiger partial charge in [0.15, 0.2) is 0 Å². The number of hydrogen-bond acceptors (Lipinski definition) is 2. The summed E-state index contributed by atoms with van der Waals surface area (Å²) in [6.45, 7) is 6.77. The maximum Gasteiger partial charge on any atom is 0.226 e. The van der Waals surface area contributed by atoms with Crippen LogP contribution in [0.1, 0.15) is 30.9 Å². The quantitative estimate of drug-likeness (QED) is 0.845. The van der Waals surface area contributed by atoms with Crippen molar-refractivity contribution in [2.75, 3.05) is 26.8 Å². The van der Waals surface area contributed by atoms with Gasteiger partial charge in [0.1, 0.15) is 0 Å². The molecular weight excluding hydrogens is 250 g/mol. The van der Waals surface area contributed by atoms with Crippen molar-refractivity contribution >= 4 is 5.91 Å². The van der Waals surface area contributed by atoms with Gasteiger partial charge in [-0.3, -0.25) is 4.79 Å². The van der Waals surface area contributed by atoms with Crippen LogP contribution in [-0.4, -0.2) is 37.6 Å². The van der Waals surface area contributed by atoms with Gasteiger partial charge >= 0.3 is 0 Å². The Labute approximate surface area is 121 Å². The van der Waals surface area contributed by atoms with E-state index in [4.69, 9.17) is 4.74 Å². The lowest BCUT2D eigenvalue weighted by Crippen LogP contribution is -2.41. The molecule has 2 rings (SSSR count). The third-order valence-electron chi connectivity index (χ3n) is 4.35. The van der Waals surface area contributed by atoms with Crippen LogP contribution in [0.15, 0.2) is 24.3 Å². The molecule has 0 N–H and O–H groups in total. The Morgan fingerprint density at radius 2 is 1.95 bits per heavy atom. The molecular formula is C17H25NO2. The predicted octanol–water partition coefficient (Wildman–Crippen LogP) is 2.81. The van der Waals surface area contributed by atoms with Gasteiger partial charge in [-0.1, -0.05) is 31.2 Å². The summed E-state index contributed by atoms with van der Waals surface area (Å²) in [5.74, 6) is 0.201. The van der Waals surface area contributed by atoms with Crippen LogP contribution in [0.4, 0.5) is 0 Å². The molecule has 1 aliphatic heterocycles. The molecule has 0 spiro atoms. The number of hydrogen-bond donors (Lipinski definition) is 0. The van der Waals surface area contributed by atoms with Crippen molar-refractivity contribution in [2.45, 2.75) is 33.1 Å². The summed E-state index contributed by atoms with van der Waals surface area (Å²) < 4.78 is 5.41. The highest BCUT2D eigenvalue weighted by Crippen LogP contribution is 2.30. The Bertz CT molecular complexity index is 464. The minimum atomic E-state index is 0.201. The average Bonchev–Trinajstić information content (AvgIpc) is 2.41. The van der Waals surface area contributed by atoms with E-state index in [2.05, 4.69) is 19.9 Å². The molecule has 1 aromatic carbocycles. The molecule has 0 aliphatic carbocycles. The van der Waals surface area contributed by atoms with E-state index in [0.717, 1.165) is 38.2 Å². The summed E-state index contributed by atoms with van der Waals surface area (Å²) >= 11 is 0. The van der Waals surface area contributed by atoms with Crippen molar-refractivity contribution in [3.05, 3.63) is 35.4 Å². The third-order valence-corrected chi connectivity index (χ3v) is 4.35. The van der Waals surface area contributed by atoms with Crippen LogP contribution in [-0.2, 0) is 16.0 Å². The van der Waals surface area contributed by atoms with Crippen LogP contribution < -0.4 is 0 Å². The Hall–Kier alpha value is -1.35. The van der Waals surface area contributed by atoms with Gasteiger partial charge in [0.25, 0.3) is 0 Å². The van der Waals surface area contributed by atoms with Crippen LogP contribution in [0.25, 0.3) is 0 Å². The lowest BCUT2D eigenvalue weighted by Gasteiger charge is -2.37. The van der Waals surface area contributed by atoms with Gasteiger partial charge in [-0.25, -0.2) is 0 Å². The fourth-order valence-electron chi connectivity index (χ4n) is 2.79. The number of carbonyl (C=O) groups is 1. The van der Waals surface area contributed by atoms with Crippen molar-refractivity contribution < 1.29 is 9.53 Å². The molecule has 1 heterocycles. The van der Waals surface area contributed by atoms with Crippen molar-refractivity contribution in [1.29, 1.82) is 0 Å². The Morgan fingerprint density at radius 1 is 1.30 bits per heavy atom. The van der Waals surface area contributed by atoms with E-state index >= 15 is 0 Å². The highest BCUT2D eigenvalue weighted by atomic mass is 16.5. The zero-order chi connectivity index (χ0) is 14.6. The van der Waals surface area contributed by atoms with Gasteiger partial charge in [0.2, 0.25) is 5.91 Å². The van der Waals surface area contributed by atoms with Crippen molar-refractivity contribution in [2.24, 2.45) is 5.41 Å². The monoisotopic (exact) mass is 275 g/mol. The number of carbonyl (C=O) groups excluding carboxylic acids is 1. The molecule has 3 nitrogen and oxygen atoms in total. The van der Waals surface area contributed by atoms with Crippen LogP contribution in [0.3, 0.4) is 0 Å². The number of rotatable bonds is 4. The van der Waals surface area contributed by atoms with Crippen LogP contribution in [0.2, 0.25) is 0 Å². The molecule has 0 bridgehead atoms. The van der Waals surface area contributed by atoms with Crippen molar-refractivity contribution in [3.63, 3.8) is 0 Å². The maximum absolute atomic E-state index is 12.4. The second kappa shape index (κ2) is 6.40. The van der Waals surface area contributed by atoms with E-state index in [0.29, 0.717) is 6.42 Å². The molecule has 1 aromatic rings. The molecule has 0 atom stereocenters. The van der Waals surface area contributed by atoms with Crippen LogP contribution >= 0.6 is 0 Å². The fourth-order valence-corrected chi connectivity index (χ4v) is 2.79. The number of likely N-dealkylation sites (N-methyl/N-ethyl adjacent to an activating group) is 1. The van der Waals surface area contributed by atoms with Crippen LogP contribution in [0, 0.1) is 12.3 Å². The molecule has 0 unspecified atom stereocenters. The predicted molar refractivity (Wildman–Crippen MR) is 80.7 cm³/mol. The normalized spacial score (nSPS) is 17.8. The smallest absolute Gasteiger partial charge is 0.226 e. The second-order valence-electron chi connectivity index (χ2n) is 6.28. The summed E-state index contributed by atoms with van der Waals surface area (Å²) in [6.07, 6.45) is 2.57. The van der Waals surface area contributed by atoms with E-state index in [1.54, 1.807) is 0 Å². The minimum absolute atomic E-state index is 0.201. The summed E-state index contributed by atoms with van der Waals surface area (Å²) in [4.78, 5) is 14.3. The third kappa shape index (κ3) is 3.83. The summed E-state index contributed by atoms with van der Waals surface area (Å²) in [6, 6.07) is 8.10. The van der Waals surface area contributed by atoms with Gasteiger partial charge in [-0.15, -0.1) is 0 Å². The first-order valence-corrected chi connectivity index (χ1v) is 7.36. The Balaban J connectivity index is 1.93. The van der Waals surface area contributed by atoms with Gasteiger partial charge in [-0.2, -0.15) is 0 Å². The molecule has 110 valence electrons. The van der Waals surface area contributed by atoms with E-state index < -0.39 is 0 Å². The summed E-state index contributed by atoms with van der Waals surface area (Å²) in [5, 5.41) is 0. The number of amides is 1. The summed E-state index contributed by atoms with van der Waals surface area (Å²) in [5.41, 5.74) is 2.52. The molecule has 1 aliphatic rings. The number of nitrogens with zero attached hydrogens (tertiary/aromatic N) is 1. The van der Waals surface area contributed by atoms with Gasteiger partial charge in [0.05, 0.1) is 6.42 Å². The number of ether oxygens (including phenoxy) is 1. The van der Waals surface area contributed by atoms with Gasteiger partial charge in [0, 0.05) is 26.8 Å². The average molecular weight is 275 g/mol. The molecule has 3 heteroatoms. The first-order chi connectivity index (χ1) is 9.50. The molecule has 1 saturated heterocycles. The first-order valence-electron chi connectivity index (χ1n) is 7.36. The molecule has 1 fully saturated rings. The van der Waals surface area contributed by atoms with Gasteiger partial charge in [-0.05, 0) is 36.3 Å². The van der Waals surface area contributed by atoms with Crippen LogP contribution in [0.5, 0.6) is 0 Å². The molecule has 0 aromatic heterocycles. The minimum Gasteiger partial charge on any atom is -0.381 e. The largest absolute Gasteiger partial charge is 0.381 e. The zero-order valence-electron chi connectivity index (χ0n) is 12.8. The number of benzene rings is 1. The topological polar surface area (TPSA) is 29.5 Å². The highest BCUT2D eigenvalue weighted by molar-refractivity contribution is 5.78. The second-order valence-corrected chi connectivity index (χ2v) is 6.28. The number of aryl methyl sites for hydroxylation is 1. The molecule has 0 saturated carbocycles. The maximum atomic E-state index is 12.4. The van der Waals surface area contributed by atoms with E-state index in [-0.39, 0.29) is 11.3 Å². The molecule has 0 radical (unpaired) electrons. The van der Waals surface area contributed by atoms with Crippen molar-refractivity contribution in [1.82, 2.24) is 4.90 Å². The van der Waals surface area contributed by atoms with Crippen molar-refractivity contribution in [3.8, 4) is 0 Å². The molecule has 20 heavy (non-hydrogen) atoms. The molecule has 1 amide bonds. The van der Waals surface area contributed by atoms with E-state index in [1.165, 1.54) is 5.56 Å².